The van der Waals surface area contributed by atoms with E-state index >= 15 is 0 Å². The van der Waals surface area contributed by atoms with E-state index in [2.05, 4.69) is 4.98 Å². The molecule has 0 spiro atoms. The van der Waals surface area contributed by atoms with Gasteiger partial charge < -0.3 is 10.2 Å². The molecule has 1 heterocycles. The Kier molecular flexibility index (Phi) is 4.77. The zero-order valence-corrected chi connectivity index (χ0v) is 11.4. The van der Waals surface area contributed by atoms with Crippen molar-refractivity contribution in [2.45, 2.75) is 31.6 Å². The zero-order valence-electron chi connectivity index (χ0n) is 10.6. The molecule has 104 valence electrons. The van der Waals surface area contributed by atoms with Gasteiger partial charge in [-0.05, 0) is 43.7 Å². The van der Waals surface area contributed by atoms with Gasteiger partial charge in [-0.15, -0.1) is 0 Å². The number of carbonyl (C=O) groups is 1. The highest BCUT2D eigenvalue weighted by atomic mass is 35.5. The fraction of sp³-hybridized carbons (Fsp3) is 0.571. The second-order valence-electron chi connectivity index (χ2n) is 5.14. The van der Waals surface area contributed by atoms with Crippen LogP contribution < -0.4 is 0 Å². The molecule has 2 rings (SSSR count). The molecule has 0 aromatic carbocycles. The van der Waals surface area contributed by atoms with Crippen molar-refractivity contribution in [1.82, 2.24) is 4.98 Å². The summed E-state index contributed by atoms with van der Waals surface area (Å²) in [4.78, 5) is 15.2. The maximum Gasteiger partial charge on any atom is 0.306 e. The predicted molar refractivity (Wildman–Crippen MR) is 72.2 cm³/mol. The summed E-state index contributed by atoms with van der Waals surface area (Å²) in [6, 6.07) is 3.61. The van der Waals surface area contributed by atoms with Crippen LogP contribution in [0.15, 0.2) is 18.3 Å². The first-order valence-corrected chi connectivity index (χ1v) is 6.94. The number of aliphatic carboxylic acids is 1. The molecule has 1 aliphatic carbocycles. The van der Waals surface area contributed by atoms with Crippen LogP contribution >= 0.6 is 11.6 Å². The molecule has 5 heteroatoms. The minimum atomic E-state index is -0.705. The Labute approximate surface area is 117 Å². The number of aliphatic hydroxyl groups excluding tert-OH is 1. The highest BCUT2D eigenvalue weighted by molar-refractivity contribution is 6.30. The number of aromatic nitrogens is 1. The van der Waals surface area contributed by atoms with E-state index in [4.69, 9.17) is 16.7 Å². The van der Waals surface area contributed by atoms with Gasteiger partial charge in [0, 0.05) is 17.8 Å². The molecule has 2 N–H and O–H groups in total. The van der Waals surface area contributed by atoms with Gasteiger partial charge >= 0.3 is 5.97 Å². The Morgan fingerprint density at radius 1 is 1.37 bits per heavy atom. The Hall–Kier alpha value is -1.13. The van der Waals surface area contributed by atoms with E-state index in [9.17, 15) is 9.90 Å². The van der Waals surface area contributed by atoms with Gasteiger partial charge in [-0.3, -0.25) is 9.78 Å². The summed E-state index contributed by atoms with van der Waals surface area (Å²) in [6.45, 7) is 0.0387. The monoisotopic (exact) mass is 283 g/mol. The lowest BCUT2D eigenvalue weighted by molar-refractivity contribution is -0.143. The second-order valence-corrected chi connectivity index (χ2v) is 5.58. The maximum atomic E-state index is 10.9. The minimum Gasteiger partial charge on any atom is -0.481 e. The van der Waals surface area contributed by atoms with Crippen LogP contribution in [0.4, 0.5) is 0 Å². The lowest BCUT2D eigenvalue weighted by Crippen LogP contribution is -2.26. The molecule has 1 aromatic heterocycles. The van der Waals surface area contributed by atoms with Crippen LogP contribution in [0.25, 0.3) is 0 Å². The smallest absolute Gasteiger partial charge is 0.306 e. The molecular weight excluding hydrogens is 266 g/mol. The first-order chi connectivity index (χ1) is 9.11. The third-order valence-corrected chi connectivity index (χ3v) is 4.24. The van der Waals surface area contributed by atoms with Crippen molar-refractivity contribution >= 4 is 17.6 Å². The summed E-state index contributed by atoms with van der Waals surface area (Å²) in [5, 5.41) is 19.2. The van der Waals surface area contributed by atoms with Crippen molar-refractivity contribution in [1.29, 1.82) is 0 Å². The Balaban J connectivity index is 2.03. The van der Waals surface area contributed by atoms with E-state index in [1.54, 1.807) is 12.3 Å². The number of hydrogen-bond donors (Lipinski definition) is 2. The predicted octanol–water partition coefficient (Wildman–Crippen LogP) is 2.70. The van der Waals surface area contributed by atoms with Gasteiger partial charge in [0.1, 0.15) is 0 Å². The van der Waals surface area contributed by atoms with Crippen molar-refractivity contribution in [2.75, 3.05) is 6.61 Å². The third-order valence-electron chi connectivity index (χ3n) is 4.02. The molecule has 0 radical (unpaired) electrons. The van der Waals surface area contributed by atoms with E-state index in [1.165, 1.54) is 0 Å². The summed E-state index contributed by atoms with van der Waals surface area (Å²) in [6.07, 6.45) is 4.61. The summed E-state index contributed by atoms with van der Waals surface area (Å²) in [5.74, 6) is -0.654. The number of nitrogens with zero attached hydrogens (tertiary/aromatic N) is 1. The molecule has 19 heavy (non-hydrogen) atoms. The van der Waals surface area contributed by atoms with E-state index in [0.717, 1.165) is 18.5 Å². The molecule has 1 aliphatic rings. The summed E-state index contributed by atoms with van der Waals surface area (Å²) >= 11 is 5.81. The van der Waals surface area contributed by atoms with Crippen LogP contribution in [-0.2, 0) is 4.79 Å². The molecule has 1 saturated carbocycles. The Bertz CT molecular complexity index is 427. The van der Waals surface area contributed by atoms with Crippen molar-refractivity contribution in [3.05, 3.63) is 29.0 Å². The van der Waals surface area contributed by atoms with Gasteiger partial charge in [-0.25, -0.2) is 0 Å². The Morgan fingerprint density at radius 2 is 2.05 bits per heavy atom. The van der Waals surface area contributed by atoms with Gasteiger partial charge in [0.05, 0.1) is 17.5 Å². The first kappa shape index (κ1) is 14.3. The molecule has 0 saturated heterocycles. The number of pyridine rings is 1. The lowest BCUT2D eigenvalue weighted by atomic mass is 9.75. The number of hydrogen-bond acceptors (Lipinski definition) is 3. The number of rotatable bonds is 4. The molecule has 0 bridgehead atoms. The molecule has 1 fully saturated rings. The molecule has 1 atom stereocenters. The van der Waals surface area contributed by atoms with Gasteiger partial charge in [0.15, 0.2) is 0 Å². The van der Waals surface area contributed by atoms with Gasteiger partial charge in [-0.2, -0.15) is 0 Å². The quantitative estimate of drug-likeness (QED) is 0.891. The molecule has 1 aromatic rings. The van der Waals surface area contributed by atoms with Crippen LogP contribution in [-0.4, -0.2) is 27.8 Å². The first-order valence-electron chi connectivity index (χ1n) is 6.57. The normalized spacial score (nSPS) is 24.9. The fourth-order valence-corrected chi connectivity index (χ4v) is 2.97. The van der Waals surface area contributed by atoms with Crippen LogP contribution in [0.2, 0.25) is 5.02 Å². The van der Waals surface area contributed by atoms with Crippen LogP contribution in [0, 0.1) is 11.8 Å². The van der Waals surface area contributed by atoms with E-state index in [-0.39, 0.29) is 18.4 Å². The average molecular weight is 284 g/mol. The third kappa shape index (κ3) is 3.45. The molecular formula is C14H18ClNO3. The number of carboxylic acids is 1. The average Bonchev–Trinajstić information content (AvgIpc) is 2.42. The van der Waals surface area contributed by atoms with Gasteiger partial charge in [-0.1, -0.05) is 11.6 Å². The largest absolute Gasteiger partial charge is 0.481 e. The van der Waals surface area contributed by atoms with Crippen LogP contribution in [0.5, 0.6) is 0 Å². The van der Waals surface area contributed by atoms with E-state index in [1.807, 2.05) is 6.07 Å². The molecule has 0 amide bonds. The second kappa shape index (κ2) is 6.35. The summed E-state index contributed by atoms with van der Waals surface area (Å²) < 4.78 is 0. The van der Waals surface area contributed by atoms with Crippen molar-refractivity contribution in [3.8, 4) is 0 Å². The highest BCUT2D eigenvalue weighted by Gasteiger charge is 2.31. The minimum absolute atomic E-state index is 0.0213. The highest BCUT2D eigenvalue weighted by Crippen LogP contribution is 2.37. The molecule has 4 nitrogen and oxygen atoms in total. The van der Waals surface area contributed by atoms with Crippen molar-refractivity contribution in [2.24, 2.45) is 11.8 Å². The zero-order chi connectivity index (χ0) is 13.8. The van der Waals surface area contributed by atoms with Crippen molar-refractivity contribution < 1.29 is 15.0 Å². The Morgan fingerprint density at radius 3 is 2.53 bits per heavy atom. The summed E-state index contributed by atoms with van der Waals surface area (Å²) in [7, 11) is 0. The van der Waals surface area contributed by atoms with Crippen LogP contribution in [0.1, 0.15) is 37.3 Å². The lowest BCUT2D eigenvalue weighted by Gasteiger charge is -2.31. The maximum absolute atomic E-state index is 10.9. The number of halogens is 1. The standard InChI is InChI=1S/C14H18ClNO3/c15-11-5-6-13(16-7-11)12(8-17)9-1-3-10(4-2-9)14(18)19/h5-7,9-10,12,17H,1-4,8H2,(H,18,19). The fourth-order valence-electron chi connectivity index (χ4n) is 2.86. The van der Waals surface area contributed by atoms with Crippen molar-refractivity contribution in [3.63, 3.8) is 0 Å². The van der Waals surface area contributed by atoms with Crippen LogP contribution in [0.3, 0.4) is 0 Å². The van der Waals surface area contributed by atoms with Gasteiger partial charge in [0.25, 0.3) is 0 Å². The number of aliphatic hydroxyl groups is 1. The number of carboxylic acid groups (broad SMARTS) is 1. The van der Waals surface area contributed by atoms with E-state index in [0.29, 0.717) is 23.8 Å². The SMILES string of the molecule is O=C(O)C1CCC(C(CO)c2ccc(Cl)cn2)CC1. The molecule has 0 aliphatic heterocycles. The topological polar surface area (TPSA) is 70.4 Å². The van der Waals surface area contributed by atoms with E-state index < -0.39 is 5.97 Å². The molecule has 1 unspecified atom stereocenters. The summed E-state index contributed by atoms with van der Waals surface area (Å²) in [5.41, 5.74) is 0.839. The van der Waals surface area contributed by atoms with Gasteiger partial charge in [0.2, 0.25) is 0 Å².